The van der Waals surface area contributed by atoms with Crippen LogP contribution in [-0.4, -0.2) is 30.4 Å². The Bertz CT molecular complexity index is 1660. The standard InChI is InChI=1S/2C15H11FN4O/c2*16-11-8-4-5-9-12(11)21-14-13(18-15(17)20-19-14)10-6-2-1-3-7-10/h2*1-9H,(H2,17,18,20). The first-order valence-electron chi connectivity index (χ1n) is 12.4. The minimum absolute atomic E-state index is 0.0229. The van der Waals surface area contributed by atoms with Crippen LogP contribution in [0, 0.1) is 11.6 Å². The molecular weight excluding hydrogens is 542 g/mol. The van der Waals surface area contributed by atoms with Crippen LogP contribution >= 0.6 is 0 Å². The van der Waals surface area contributed by atoms with Gasteiger partial charge < -0.3 is 20.9 Å². The molecule has 0 aliphatic rings. The molecule has 10 nitrogen and oxygen atoms in total. The SMILES string of the molecule is Nc1nnc(Oc2ccccc2F)c(-c2ccccc2)n1.Nc1nnc(Oc2ccccc2F)c(-c2ccccc2)n1. The predicted octanol–water partition coefficient (Wildman–Crippen LogP) is 6.10. The highest BCUT2D eigenvalue weighted by Crippen LogP contribution is 2.32. The van der Waals surface area contributed by atoms with Crippen molar-refractivity contribution < 1.29 is 18.3 Å². The van der Waals surface area contributed by atoms with E-state index in [1.165, 1.54) is 24.3 Å². The van der Waals surface area contributed by atoms with Crippen molar-refractivity contribution in [2.45, 2.75) is 0 Å². The maximum atomic E-state index is 13.7. The van der Waals surface area contributed by atoms with E-state index in [0.29, 0.717) is 11.4 Å². The lowest BCUT2D eigenvalue weighted by Crippen LogP contribution is -2.03. The fraction of sp³-hybridized carbons (Fsp3) is 0. The van der Waals surface area contributed by atoms with E-state index in [2.05, 4.69) is 30.4 Å². The number of ether oxygens (including phenoxy) is 2. The lowest BCUT2D eigenvalue weighted by atomic mass is 10.1. The Hall–Kier alpha value is -6.04. The summed E-state index contributed by atoms with van der Waals surface area (Å²) in [5.74, 6) is -0.637. The molecule has 0 amide bonds. The number of halogens is 2. The van der Waals surface area contributed by atoms with Crippen molar-refractivity contribution >= 4 is 11.9 Å². The van der Waals surface area contributed by atoms with Crippen molar-refractivity contribution in [3.05, 3.63) is 121 Å². The quantitative estimate of drug-likeness (QED) is 0.243. The largest absolute Gasteiger partial charge is 0.433 e. The number of nitrogens with zero attached hydrogens (tertiary/aromatic N) is 6. The minimum Gasteiger partial charge on any atom is -0.433 e. The molecule has 2 aromatic heterocycles. The van der Waals surface area contributed by atoms with E-state index in [1.807, 2.05) is 60.7 Å². The smallest absolute Gasteiger partial charge is 0.266 e. The van der Waals surface area contributed by atoms with Crippen molar-refractivity contribution in [2.24, 2.45) is 0 Å². The fourth-order valence-electron chi connectivity index (χ4n) is 3.63. The van der Waals surface area contributed by atoms with Crippen molar-refractivity contribution in [1.29, 1.82) is 0 Å². The first-order chi connectivity index (χ1) is 20.5. The second kappa shape index (κ2) is 12.9. The molecular formula is C30H22F2N8O2. The van der Waals surface area contributed by atoms with Gasteiger partial charge in [0.25, 0.3) is 11.8 Å². The summed E-state index contributed by atoms with van der Waals surface area (Å²) in [5.41, 5.74) is 13.5. The van der Waals surface area contributed by atoms with E-state index in [1.54, 1.807) is 24.3 Å². The molecule has 0 fully saturated rings. The maximum absolute atomic E-state index is 13.7. The highest BCUT2D eigenvalue weighted by Gasteiger charge is 2.15. The number of anilines is 2. The number of nitrogens with two attached hydrogens (primary N) is 2. The second-order valence-electron chi connectivity index (χ2n) is 8.44. The number of para-hydroxylation sites is 2. The van der Waals surface area contributed by atoms with Gasteiger partial charge in [-0.1, -0.05) is 84.9 Å². The third kappa shape index (κ3) is 6.74. The van der Waals surface area contributed by atoms with Crippen LogP contribution in [0.5, 0.6) is 23.3 Å². The van der Waals surface area contributed by atoms with Gasteiger partial charge in [0, 0.05) is 11.1 Å². The highest BCUT2D eigenvalue weighted by atomic mass is 19.1. The predicted molar refractivity (Wildman–Crippen MR) is 152 cm³/mol. The van der Waals surface area contributed by atoms with Crippen LogP contribution < -0.4 is 20.9 Å². The molecule has 0 aliphatic carbocycles. The summed E-state index contributed by atoms with van der Waals surface area (Å²) in [7, 11) is 0. The van der Waals surface area contributed by atoms with E-state index in [9.17, 15) is 8.78 Å². The number of nitrogen functional groups attached to an aromatic ring is 2. The first-order valence-corrected chi connectivity index (χ1v) is 12.4. The highest BCUT2D eigenvalue weighted by molar-refractivity contribution is 5.66. The van der Waals surface area contributed by atoms with Crippen LogP contribution in [0.4, 0.5) is 20.7 Å². The van der Waals surface area contributed by atoms with Gasteiger partial charge in [-0.3, -0.25) is 0 Å². The fourth-order valence-corrected chi connectivity index (χ4v) is 3.63. The Morgan fingerprint density at radius 2 is 0.810 bits per heavy atom. The van der Waals surface area contributed by atoms with E-state index >= 15 is 0 Å². The van der Waals surface area contributed by atoms with Crippen LogP contribution in [0.25, 0.3) is 22.5 Å². The zero-order valence-electron chi connectivity index (χ0n) is 21.8. The van der Waals surface area contributed by atoms with Crippen molar-refractivity contribution in [1.82, 2.24) is 30.4 Å². The van der Waals surface area contributed by atoms with Gasteiger partial charge in [-0.2, -0.15) is 0 Å². The molecule has 0 radical (unpaired) electrons. The molecule has 0 atom stereocenters. The molecule has 6 aromatic rings. The number of rotatable bonds is 6. The van der Waals surface area contributed by atoms with Gasteiger partial charge >= 0.3 is 0 Å². The van der Waals surface area contributed by atoms with Crippen LogP contribution in [0.1, 0.15) is 0 Å². The molecule has 0 unspecified atom stereocenters. The van der Waals surface area contributed by atoms with Crippen LogP contribution in [0.3, 0.4) is 0 Å². The third-order valence-corrected chi connectivity index (χ3v) is 5.53. The molecule has 42 heavy (non-hydrogen) atoms. The summed E-state index contributed by atoms with van der Waals surface area (Å²) in [6.07, 6.45) is 0. The summed E-state index contributed by atoms with van der Waals surface area (Å²) in [5, 5.41) is 15.0. The molecule has 2 heterocycles. The minimum atomic E-state index is -0.491. The lowest BCUT2D eigenvalue weighted by Gasteiger charge is -2.09. The van der Waals surface area contributed by atoms with Crippen molar-refractivity contribution in [3.8, 4) is 45.8 Å². The number of hydrogen-bond donors (Lipinski definition) is 2. The van der Waals surface area contributed by atoms with E-state index in [-0.39, 0.29) is 35.2 Å². The van der Waals surface area contributed by atoms with Gasteiger partial charge in [-0.05, 0) is 24.3 Å². The topological polar surface area (TPSA) is 148 Å². The Balaban J connectivity index is 0.000000168. The first kappa shape index (κ1) is 27.5. The average Bonchev–Trinajstić information content (AvgIpc) is 3.02. The number of benzene rings is 4. The summed E-state index contributed by atoms with van der Waals surface area (Å²) >= 11 is 0. The van der Waals surface area contributed by atoms with E-state index < -0.39 is 11.6 Å². The Morgan fingerprint density at radius 1 is 0.452 bits per heavy atom. The van der Waals surface area contributed by atoms with Crippen LogP contribution in [0.15, 0.2) is 109 Å². The molecule has 6 rings (SSSR count). The summed E-state index contributed by atoms with van der Waals surface area (Å²) in [4.78, 5) is 8.25. The molecule has 0 spiro atoms. The monoisotopic (exact) mass is 564 g/mol. The maximum Gasteiger partial charge on any atom is 0.266 e. The second-order valence-corrected chi connectivity index (χ2v) is 8.44. The Labute approximate surface area is 238 Å². The number of hydrogen-bond acceptors (Lipinski definition) is 10. The summed E-state index contributed by atoms with van der Waals surface area (Å²) in [6, 6.07) is 30.6. The molecule has 4 aromatic carbocycles. The zero-order valence-corrected chi connectivity index (χ0v) is 21.8. The molecule has 4 N–H and O–H groups in total. The Kier molecular flexibility index (Phi) is 8.44. The van der Waals surface area contributed by atoms with Gasteiger partial charge in [0.15, 0.2) is 23.1 Å². The molecule has 0 saturated heterocycles. The van der Waals surface area contributed by atoms with Gasteiger partial charge in [0.05, 0.1) is 0 Å². The zero-order chi connectivity index (χ0) is 29.3. The molecule has 0 aliphatic heterocycles. The molecule has 12 heteroatoms. The van der Waals surface area contributed by atoms with Gasteiger partial charge in [-0.25, -0.2) is 18.7 Å². The number of aromatic nitrogens is 6. The van der Waals surface area contributed by atoms with Gasteiger partial charge in [0.2, 0.25) is 11.9 Å². The van der Waals surface area contributed by atoms with E-state index in [4.69, 9.17) is 20.9 Å². The third-order valence-electron chi connectivity index (χ3n) is 5.53. The average molecular weight is 565 g/mol. The van der Waals surface area contributed by atoms with Gasteiger partial charge in [0.1, 0.15) is 11.4 Å². The van der Waals surface area contributed by atoms with Crippen molar-refractivity contribution in [3.63, 3.8) is 0 Å². The lowest BCUT2D eigenvalue weighted by molar-refractivity contribution is 0.421. The molecule has 208 valence electrons. The van der Waals surface area contributed by atoms with Crippen LogP contribution in [-0.2, 0) is 0 Å². The molecule has 0 saturated carbocycles. The van der Waals surface area contributed by atoms with Crippen LogP contribution in [0.2, 0.25) is 0 Å². The van der Waals surface area contributed by atoms with E-state index in [0.717, 1.165) is 11.1 Å². The summed E-state index contributed by atoms with van der Waals surface area (Å²) in [6.45, 7) is 0. The normalized spacial score (nSPS) is 10.3. The summed E-state index contributed by atoms with van der Waals surface area (Å²) < 4.78 is 38.3. The van der Waals surface area contributed by atoms with Gasteiger partial charge in [-0.15, -0.1) is 20.4 Å². The molecule has 0 bridgehead atoms. The van der Waals surface area contributed by atoms with Crippen molar-refractivity contribution in [2.75, 3.05) is 11.5 Å². The Morgan fingerprint density at radius 3 is 1.19 bits per heavy atom.